The monoisotopic (exact) mass is 408 g/mol. The quantitative estimate of drug-likeness (QED) is 0.415. The van der Waals surface area contributed by atoms with Crippen LogP contribution in [-0.2, 0) is 0 Å². The van der Waals surface area contributed by atoms with Gasteiger partial charge in [-0.05, 0) is 35.7 Å². The van der Waals surface area contributed by atoms with Crippen molar-refractivity contribution in [1.29, 1.82) is 0 Å². The van der Waals surface area contributed by atoms with Crippen molar-refractivity contribution >= 4 is 65.2 Å². The smallest absolute Gasteiger partial charge is 0.267 e. The lowest BCUT2D eigenvalue weighted by Crippen LogP contribution is -2.40. The number of rotatable bonds is 1. The SMILES string of the molecule is O=C1c2cccc3c(Br)ccc(c23)C(=O)N1c1nc2ccccc2s1. The summed E-state index contributed by atoms with van der Waals surface area (Å²) in [6, 6.07) is 16.7. The van der Waals surface area contributed by atoms with Crippen LogP contribution in [0.4, 0.5) is 5.13 Å². The standard InChI is InChI=1S/C19H9BrN2O2S/c20-13-9-8-12-16-10(13)4-3-5-11(16)17(23)22(18(12)24)19-21-14-6-1-2-7-15(14)25-19/h1-9H. The number of anilines is 1. The fraction of sp³-hybridized carbons (Fsp3) is 0. The molecule has 3 aromatic carbocycles. The number of benzene rings is 3. The van der Waals surface area contributed by atoms with E-state index >= 15 is 0 Å². The third kappa shape index (κ3) is 2.01. The summed E-state index contributed by atoms with van der Waals surface area (Å²) in [4.78, 5) is 31.8. The molecule has 4 nitrogen and oxygen atoms in total. The molecule has 0 aliphatic carbocycles. The van der Waals surface area contributed by atoms with E-state index < -0.39 is 0 Å². The van der Waals surface area contributed by atoms with Gasteiger partial charge in [0.1, 0.15) is 0 Å². The Morgan fingerprint density at radius 3 is 2.44 bits per heavy atom. The molecule has 120 valence electrons. The lowest BCUT2D eigenvalue weighted by atomic mass is 9.94. The average molecular weight is 409 g/mol. The number of carbonyl (C=O) groups excluding carboxylic acids is 2. The largest absolute Gasteiger partial charge is 0.268 e. The fourth-order valence-corrected chi connectivity index (χ4v) is 4.62. The zero-order valence-electron chi connectivity index (χ0n) is 12.7. The van der Waals surface area contributed by atoms with E-state index in [1.165, 1.54) is 16.2 Å². The maximum absolute atomic E-state index is 13.1. The number of para-hydroxylation sites is 1. The first-order valence-electron chi connectivity index (χ1n) is 7.61. The summed E-state index contributed by atoms with van der Waals surface area (Å²) in [5.41, 5.74) is 1.82. The fourth-order valence-electron chi connectivity index (χ4n) is 3.19. The molecule has 6 heteroatoms. The van der Waals surface area contributed by atoms with E-state index in [0.717, 1.165) is 20.1 Å². The van der Waals surface area contributed by atoms with E-state index in [1.54, 1.807) is 12.1 Å². The molecule has 0 radical (unpaired) electrons. The van der Waals surface area contributed by atoms with Crippen molar-refractivity contribution in [3.63, 3.8) is 0 Å². The molecule has 5 rings (SSSR count). The topological polar surface area (TPSA) is 50.3 Å². The first kappa shape index (κ1) is 14.7. The molecule has 0 N–H and O–H groups in total. The van der Waals surface area contributed by atoms with Gasteiger partial charge in [-0.2, -0.15) is 0 Å². The zero-order valence-corrected chi connectivity index (χ0v) is 15.1. The van der Waals surface area contributed by atoms with Gasteiger partial charge in [0.2, 0.25) is 5.13 Å². The van der Waals surface area contributed by atoms with Crippen molar-refractivity contribution in [3.8, 4) is 0 Å². The Balaban J connectivity index is 1.77. The lowest BCUT2D eigenvalue weighted by Gasteiger charge is -2.25. The van der Waals surface area contributed by atoms with Crippen molar-refractivity contribution in [1.82, 2.24) is 4.98 Å². The van der Waals surface area contributed by atoms with Gasteiger partial charge in [0, 0.05) is 21.0 Å². The highest BCUT2D eigenvalue weighted by molar-refractivity contribution is 9.10. The highest BCUT2D eigenvalue weighted by Gasteiger charge is 2.36. The van der Waals surface area contributed by atoms with E-state index in [4.69, 9.17) is 0 Å². The molecular formula is C19H9BrN2O2S. The molecule has 4 aromatic rings. The zero-order chi connectivity index (χ0) is 17.1. The van der Waals surface area contributed by atoms with Crippen LogP contribution in [0, 0.1) is 0 Å². The van der Waals surface area contributed by atoms with E-state index in [9.17, 15) is 9.59 Å². The normalized spacial score (nSPS) is 13.9. The molecule has 1 aromatic heterocycles. The number of fused-ring (bicyclic) bond motifs is 1. The predicted molar refractivity (Wildman–Crippen MR) is 102 cm³/mol. The Hall–Kier alpha value is -2.57. The van der Waals surface area contributed by atoms with Gasteiger partial charge in [-0.1, -0.05) is 51.5 Å². The Bertz CT molecular complexity index is 1160. The van der Waals surface area contributed by atoms with Crippen LogP contribution in [0.1, 0.15) is 20.7 Å². The van der Waals surface area contributed by atoms with Gasteiger partial charge in [0.25, 0.3) is 11.8 Å². The molecule has 0 saturated carbocycles. The molecule has 2 heterocycles. The van der Waals surface area contributed by atoms with Gasteiger partial charge in [0.05, 0.1) is 10.2 Å². The summed E-state index contributed by atoms with van der Waals surface area (Å²) >= 11 is 4.84. The number of carbonyl (C=O) groups is 2. The van der Waals surface area contributed by atoms with Gasteiger partial charge in [0.15, 0.2) is 0 Å². The van der Waals surface area contributed by atoms with Gasteiger partial charge < -0.3 is 0 Å². The van der Waals surface area contributed by atoms with Gasteiger partial charge >= 0.3 is 0 Å². The van der Waals surface area contributed by atoms with Gasteiger partial charge in [-0.3, -0.25) is 9.59 Å². The summed E-state index contributed by atoms with van der Waals surface area (Å²) in [7, 11) is 0. The van der Waals surface area contributed by atoms with Crippen LogP contribution in [0.15, 0.2) is 59.1 Å². The first-order valence-corrected chi connectivity index (χ1v) is 9.22. The van der Waals surface area contributed by atoms with E-state index in [0.29, 0.717) is 21.6 Å². The second-order valence-electron chi connectivity index (χ2n) is 5.73. The second-order valence-corrected chi connectivity index (χ2v) is 7.60. The van der Waals surface area contributed by atoms with Gasteiger partial charge in [-0.25, -0.2) is 9.88 Å². The highest BCUT2D eigenvalue weighted by Crippen LogP contribution is 2.38. The van der Waals surface area contributed by atoms with Crippen molar-refractivity contribution in [2.24, 2.45) is 0 Å². The molecule has 0 bridgehead atoms. The number of aromatic nitrogens is 1. The van der Waals surface area contributed by atoms with Crippen LogP contribution in [0.3, 0.4) is 0 Å². The number of nitrogens with zero attached hydrogens (tertiary/aromatic N) is 2. The third-order valence-corrected chi connectivity index (χ3v) is 6.04. The molecule has 1 aliphatic rings. The number of hydrogen-bond acceptors (Lipinski definition) is 4. The number of hydrogen-bond donors (Lipinski definition) is 0. The second kappa shape index (κ2) is 5.21. The summed E-state index contributed by atoms with van der Waals surface area (Å²) in [6.45, 7) is 0. The molecular weight excluding hydrogens is 400 g/mol. The van der Waals surface area contributed by atoms with Crippen molar-refractivity contribution < 1.29 is 9.59 Å². The average Bonchev–Trinajstić information content (AvgIpc) is 3.04. The third-order valence-electron chi connectivity index (χ3n) is 4.33. The number of amides is 2. The summed E-state index contributed by atoms with van der Waals surface area (Å²) < 4.78 is 1.81. The van der Waals surface area contributed by atoms with Crippen molar-refractivity contribution in [2.75, 3.05) is 4.90 Å². The van der Waals surface area contributed by atoms with Crippen molar-refractivity contribution in [3.05, 3.63) is 70.2 Å². The van der Waals surface area contributed by atoms with E-state index in [1.807, 2.05) is 42.5 Å². The predicted octanol–water partition coefficient (Wildman–Crippen LogP) is 5.01. The number of thiazole rings is 1. The van der Waals surface area contributed by atoms with Crippen LogP contribution < -0.4 is 4.90 Å². The Kier molecular flexibility index (Phi) is 3.07. The van der Waals surface area contributed by atoms with Crippen LogP contribution >= 0.6 is 27.3 Å². The Morgan fingerprint density at radius 1 is 0.880 bits per heavy atom. The van der Waals surface area contributed by atoms with Crippen molar-refractivity contribution in [2.45, 2.75) is 0 Å². The molecule has 1 aliphatic heterocycles. The highest BCUT2D eigenvalue weighted by atomic mass is 79.9. The molecule has 25 heavy (non-hydrogen) atoms. The molecule has 0 unspecified atom stereocenters. The first-order chi connectivity index (χ1) is 12.1. The van der Waals surface area contributed by atoms with E-state index in [2.05, 4.69) is 20.9 Å². The summed E-state index contributed by atoms with van der Waals surface area (Å²) in [6.07, 6.45) is 0. The van der Waals surface area contributed by atoms with Gasteiger partial charge in [-0.15, -0.1) is 0 Å². The van der Waals surface area contributed by atoms with Crippen LogP contribution in [0.5, 0.6) is 0 Å². The van der Waals surface area contributed by atoms with E-state index in [-0.39, 0.29) is 11.8 Å². The maximum atomic E-state index is 13.1. The van der Waals surface area contributed by atoms with Crippen LogP contribution in [0.25, 0.3) is 21.0 Å². The molecule has 0 saturated heterocycles. The minimum absolute atomic E-state index is 0.333. The van der Waals surface area contributed by atoms with Crippen LogP contribution in [0.2, 0.25) is 0 Å². The minimum atomic E-state index is -0.333. The lowest BCUT2D eigenvalue weighted by molar-refractivity contribution is 0.0893. The Labute approximate surface area is 154 Å². The maximum Gasteiger partial charge on any atom is 0.267 e. The summed E-state index contributed by atoms with van der Waals surface area (Å²) in [5, 5.41) is 1.96. The molecule has 0 atom stereocenters. The number of halogens is 1. The Morgan fingerprint density at radius 2 is 1.64 bits per heavy atom. The summed E-state index contributed by atoms with van der Waals surface area (Å²) in [5.74, 6) is -0.666. The molecule has 0 fully saturated rings. The minimum Gasteiger partial charge on any atom is -0.268 e. The molecule has 0 spiro atoms. The van der Waals surface area contributed by atoms with Crippen LogP contribution in [-0.4, -0.2) is 16.8 Å². The molecule has 2 amide bonds. The number of imide groups is 1.